The highest BCUT2D eigenvalue weighted by atomic mass is 32.2. The zero-order valence-corrected chi connectivity index (χ0v) is 18.8. The van der Waals surface area contributed by atoms with E-state index in [1.54, 1.807) is 12.1 Å². The average molecular weight is 468 g/mol. The number of halogens is 2. The molecule has 166 valence electrons. The van der Waals surface area contributed by atoms with Crippen LogP contribution in [0.25, 0.3) is 10.2 Å². The summed E-state index contributed by atoms with van der Waals surface area (Å²) in [5.41, 5.74) is 0.143. The number of nitrogens with zero attached hydrogens (tertiary/aromatic N) is 3. The number of anilines is 1. The molecule has 2 aromatic carbocycles. The second-order valence-electron chi connectivity index (χ2n) is 6.87. The second-order valence-corrected chi connectivity index (χ2v) is 9.87. The molecule has 0 spiro atoms. The molecule has 6 nitrogen and oxygen atoms in total. The quantitative estimate of drug-likeness (QED) is 0.449. The van der Waals surface area contributed by atoms with Gasteiger partial charge in [-0.2, -0.15) is 0 Å². The standard InChI is InChI=1S/C21H23F2N3O3S2/c1-3-25(4-2)12-13-26(21-24-20-17(23)6-5-7-18(20)30-21)19(27)14-31(28,29)16-10-8-15(22)9-11-16/h5-11H,3-4,12-14H2,1-2H3. The van der Waals surface area contributed by atoms with Gasteiger partial charge in [0.25, 0.3) is 0 Å². The van der Waals surface area contributed by atoms with Crippen molar-refractivity contribution in [3.05, 3.63) is 54.1 Å². The Kier molecular flexibility index (Phi) is 7.34. The maximum Gasteiger partial charge on any atom is 0.244 e. The minimum Gasteiger partial charge on any atom is -0.302 e. The normalized spacial score (nSPS) is 11.9. The van der Waals surface area contributed by atoms with Gasteiger partial charge in [0.05, 0.1) is 9.60 Å². The van der Waals surface area contributed by atoms with Gasteiger partial charge in [-0.15, -0.1) is 0 Å². The number of fused-ring (bicyclic) bond motifs is 1. The summed E-state index contributed by atoms with van der Waals surface area (Å²) in [7, 11) is -3.99. The topological polar surface area (TPSA) is 70.6 Å². The second kappa shape index (κ2) is 9.80. The number of benzene rings is 2. The zero-order valence-electron chi connectivity index (χ0n) is 17.2. The van der Waals surface area contributed by atoms with Crippen LogP contribution < -0.4 is 4.90 Å². The number of carbonyl (C=O) groups is 1. The van der Waals surface area contributed by atoms with Crippen LogP contribution in [-0.2, 0) is 14.6 Å². The number of sulfone groups is 1. The molecule has 0 unspecified atom stereocenters. The summed E-state index contributed by atoms with van der Waals surface area (Å²) in [5.74, 6) is -2.54. The molecule has 1 heterocycles. The highest BCUT2D eigenvalue weighted by Gasteiger charge is 2.27. The van der Waals surface area contributed by atoms with E-state index in [4.69, 9.17) is 0 Å². The van der Waals surface area contributed by atoms with Crippen molar-refractivity contribution in [3.63, 3.8) is 0 Å². The van der Waals surface area contributed by atoms with Crippen LogP contribution >= 0.6 is 11.3 Å². The van der Waals surface area contributed by atoms with Gasteiger partial charge in [0, 0.05) is 13.1 Å². The fourth-order valence-electron chi connectivity index (χ4n) is 3.09. The van der Waals surface area contributed by atoms with E-state index in [9.17, 15) is 22.0 Å². The van der Waals surface area contributed by atoms with Gasteiger partial charge in [-0.1, -0.05) is 31.3 Å². The first kappa shape index (κ1) is 23.2. The molecule has 0 atom stereocenters. The molecule has 0 saturated carbocycles. The van der Waals surface area contributed by atoms with Gasteiger partial charge >= 0.3 is 0 Å². The van der Waals surface area contributed by atoms with Crippen molar-refractivity contribution in [1.29, 1.82) is 0 Å². The minimum atomic E-state index is -3.99. The van der Waals surface area contributed by atoms with Crippen LogP contribution in [0.1, 0.15) is 13.8 Å². The molecular formula is C21H23F2N3O3S2. The van der Waals surface area contributed by atoms with Crippen LogP contribution in [0.5, 0.6) is 0 Å². The number of likely N-dealkylation sites (N-methyl/N-ethyl adjacent to an activating group) is 1. The maximum atomic E-state index is 14.1. The lowest BCUT2D eigenvalue weighted by Crippen LogP contribution is -2.41. The van der Waals surface area contributed by atoms with Crippen LogP contribution in [-0.4, -0.2) is 56.1 Å². The zero-order chi connectivity index (χ0) is 22.6. The van der Waals surface area contributed by atoms with E-state index >= 15 is 0 Å². The molecular weight excluding hydrogens is 444 g/mol. The van der Waals surface area contributed by atoms with Crippen molar-refractivity contribution in [3.8, 4) is 0 Å². The Hall–Kier alpha value is -2.43. The number of para-hydroxylation sites is 1. The highest BCUT2D eigenvalue weighted by molar-refractivity contribution is 7.92. The van der Waals surface area contributed by atoms with E-state index in [2.05, 4.69) is 9.88 Å². The molecule has 0 N–H and O–H groups in total. The van der Waals surface area contributed by atoms with E-state index in [1.165, 1.54) is 11.0 Å². The summed E-state index contributed by atoms with van der Waals surface area (Å²) in [6.45, 7) is 6.22. The SMILES string of the molecule is CCN(CC)CCN(C(=O)CS(=O)(=O)c1ccc(F)cc1)c1nc2c(F)cccc2s1. The first-order valence-electron chi connectivity index (χ1n) is 9.81. The molecule has 3 rings (SSSR count). The number of hydrogen-bond donors (Lipinski definition) is 0. The van der Waals surface area contributed by atoms with Gasteiger partial charge in [0.1, 0.15) is 22.9 Å². The van der Waals surface area contributed by atoms with Crippen molar-refractivity contribution >= 4 is 42.4 Å². The summed E-state index contributed by atoms with van der Waals surface area (Å²) in [4.78, 5) is 20.6. The Labute approximate surface area is 184 Å². The first-order valence-corrected chi connectivity index (χ1v) is 12.3. The van der Waals surface area contributed by atoms with Crippen molar-refractivity contribution in [2.24, 2.45) is 0 Å². The summed E-state index contributed by atoms with van der Waals surface area (Å²) in [6, 6.07) is 8.86. The number of aromatic nitrogens is 1. The van der Waals surface area contributed by atoms with E-state index in [-0.39, 0.29) is 22.1 Å². The van der Waals surface area contributed by atoms with Gasteiger partial charge in [0.15, 0.2) is 15.0 Å². The molecule has 10 heteroatoms. The summed E-state index contributed by atoms with van der Waals surface area (Å²) >= 11 is 1.13. The number of thiazole rings is 1. The highest BCUT2D eigenvalue weighted by Crippen LogP contribution is 2.30. The third-order valence-electron chi connectivity index (χ3n) is 4.91. The molecule has 0 aliphatic carbocycles. The van der Waals surface area contributed by atoms with Crippen LogP contribution in [0, 0.1) is 11.6 Å². The lowest BCUT2D eigenvalue weighted by molar-refractivity contribution is -0.116. The fourth-order valence-corrected chi connectivity index (χ4v) is 5.31. The van der Waals surface area contributed by atoms with Crippen molar-refractivity contribution in [2.45, 2.75) is 18.7 Å². The summed E-state index contributed by atoms with van der Waals surface area (Å²) in [6.07, 6.45) is 0. The maximum absolute atomic E-state index is 14.1. The summed E-state index contributed by atoms with van der Waals surface area (Å²) in [5, 5.41) is 0.242. The largest absolute Gasteiger partial charge is 0.302 e. The van der Waals surface area contributed by atoms with E-state index in [0.717, 1.165) is 48.7 Å². The van der Waals surface area contributed by atoms with Gasteiger partial charge in [0.2, 0.25) is 5.91 Å². The predicted octanol–water partition coefficient (Wildman–Crippen LogP) is 3.72. The monoisotopic (exact) mass is 467 g/mol. The van der Waals surface area contributed by atoms with Crippen molar-refractivity contribution < 1.29 is 22.0 Å². The summed E-state index contributed by atoms with van der Waals surface area (Å²) < 4.78 is 53.3. The molecule has 1 amide bonds. The molecule has 1 aromatic heterocycles. The number of hydrogen-bond acceptors (Lipinski definition) is 6. The molecule has 31 heavy (non-hydrogen) atoms. The average Bonchev–Trinajstić information content (AvgIpc) is 3.16. The third-order valence-corrected chi connectivity index (χ3v) is 7.57. The van der Waals surface area contributed by atoms with Crippen LogP contribution in [0.3, 0.4) is 0 Å². The predicted molar refractivity (Wildman–Crippen MR) is 118 cm³/mol. The Balaban J connectivity index is 1.91. The van der Waals surface area contributed by atoms with Gasteiger partial charge in [-0.25, -0.2) is 22.2 Å². The van der Waals surface area contributed by atoms with Gasteiger partial charge < -0.3 is 4.90 Å². The van der Waals surface area contributed by atoms with E-state index in [1.807, 2.05) is 13.8 Å². The lowest BCUT2D eigenvalue weighted by atomic mass is 10.3. The fraction of sp³-hybridized carbons (Fsp3) is 0.333. The molecule has 0 radical (unpaired) electrons. The van der Waals surface area contributed by atoms with Crippen LogP contribution in [0.15, 0.2) is 47.4 Å². The van der Waals surface area contributed by atoms with E-state index < -0.39 is 33.1 Å². The molecule has 0 bridgehead atoms. The Morgan fingerprint density at radius 1 is 1.03 bits per heavy atom. The lowest BCUT2D eigenvalue weighted by Gasteiger charge is -2.24. The molecule has 3 aromatic rings. The molecule has 0 aliphatic rings. The Bertz CT molecular complexity index is 1160. The van der Waals surface area contributed by atoms with Gasteiger partial charge in [-0.05, 0) is 49.5 Å². The van der Waals surface area contributed by atoms with Crippen molar-refractivity contribution in [1.82, 2.24) is 9.88 Å². The van der Waals surface area contributed by atoms with E-state index in [0.29, 0.717) is 11.2 Å². The number of rotatable bonds is 9. The smallest absolute Gasteiger partial charge is 0.244 e. The Morgan fingerprint density at radius 2 is 1.71 bits per heavy atom. The van der Waals surface area contributed by atoms with Crippen molar-refractivity contribution in [2.75, 3.05) is 36.8 Å². The first-order chi connectivity index (χ1) is 14.7. The minimum absolute atomic E-state index is 0.138. The molecule has 0 fully saturated rings. The third kappa shape index (κ3) is 5.44. The van der Waals surface area contributed by atoms with Crippen LogP contribution in [0.4, 0.5) is 13.9 Å². The molecule has 0 aliphatic heterocycles. The Morgan fingerprint density at radius 3 is 2.32 bits per heavy atom. The number of carbonyl (C=O) groups excluding carboxylic acids is 1. The number of amides is 1. The van der Waals surface area contributed by atoms with Crippen LogP contribution in [0.2, 0.25) is 0 Å². The van der Waals surface area contributed by atoms with Gasteiger partial charge in [-0.3, -0.25) is 9.69 Å². The molecule has 0 saturated heterocycles.